The summed E-state index contributed by atoms with van der Waals surface area (Å²) >= 11 is 0. The standard InChI is InChI=1S/C26H34FN3O5/c1-6-34-24(32)19-11-17-12-20(27)22(13-21(17)30(23(19)31)18-7-8-18)29-10-9-16(14-29)15(2)28-25(33)35-26(3,4)5/h11-13,15-16,18H,6-10,14H2,1-5H3,(H,28,33)/t15-,16-/m0/s1. The predicted octanol–water partition coefficient (Wildman–Crippen LogP) is 4.39. The van der Waals surface area contributed by atoms with Crippen LogP contribution < -0.4 is 15.8 Å². The molecule has 2 atom stereocenters. The second-order valence-electron chi connectivity index (χ2n) is 10.5. The number of alkyl carbamates (subject to hydrolysis) is 1. The molecule has 1 amide bonds. The van der Waals surface area contributed by atoms with Gasteiger partial charge in [0.15, 0.2) is 0 Å². The van der Waals surface area contributed by atoms with Crippen LogP contribution in [0.25, 0.3) is 10.9 Å². The molecule has 2 fully saturated rings. The quantitative estimate of drug-likeness (QED) is 0.608. The number of anilines is 1. The van der Waals surface area contributed by atoms with Crippen LogP contribution in [0.5, 0.6) is 0 Å². The Balaban J connectivity index is 1.60. The summed E-state index contributed by atoms with van der Waals surface area (Å²) in [4.78, 5) is 39.6. The Hall–Kier alpha value is -3.10. The first kappa shape index (κ1) is 25.0. The van der Waals surface area contributed by atoms with Gasteiger partial charge in [0.2, 0.25) is 0 Å². The van der Waals surface area contributed by atoms with Crippen molar-refractivity contribution in [1.29, 1.82) is 0 Å². The van der Waals surface area contributed by atoms with E-state index >= 15 is 4.39 Å². The van der Waals surface area contributed by atoms with Gasteiger partial charge >= 0.3 is 12.1 Å². The molecule has 2 heterocycles. The van der Waals surface area contributed by atoms with Gasteiger partial charge < -0.3 is 24.3 Å². The number of ether oxygens (including phenoxy) is 2. The Bertz CT molecular complexity index is 1200. The van der Waals surface area contributed by atoms with Crippen molar-refractivity contribution >= 4 is 28.7 Å². The summed E-state index contributed by atoms with van der Waals surface area (Å²) in [6.45, 7) is 10.4. The number of hydrogen-bond donors (Lipinski definition) is 1. The summed E-state index contributed by atoms with van der Waals surface area (Å²) in [5.74, 6) is -0.983. The van der Waals surface area contributed by atoms with Crippen molar-refractivity contribution in [2.24, 2.45) is 5.92 Å². The summed E-state index contributed by atoms with van der Waals surface area (Å²) in [5.41, 5.74) is -0.0100. The molecule has 1 N–H and O–H groups in total. The monoisotopic (exact) mass is 487 g/mol. The first-order chi connectivity index (χ1) is 16.5. The van der Waals surface area contributed by atoms with Crippen molar-refractivity contribution in [2.45, 2.75) is 71.6 Å². The van der Waals surface area contributed by atoms with Crippen LogP contribution in [0.3, 0.4) is 0 Å². The van der Waals surface area contributed by atoms with Gasteiger partial charge in [-0.25, -0.2) is 14.0 Å². The van der Waals surface area contributed by atoms with Crippen molar-refractivity contribution < 1.29 is 23.5 Å². The second kappa shape index (κ2) is 9.51. The molecule has 1 aliphatic heterocycles. The molecule has 1 saturated carbocycles. The molecule has 1 aliphatic carbocycles. The number of aromatic nitrogens is 1. The highest BCUT2D eigenvalue weighted by atomic mass is 19.1. The van der Waals surface area contributed by atoms with Crippen LogP contribution in [0.15, 0.2) is 23.0 Å². The molecular weight excluding hydrogens is 453 g/mol. The number of carbonyl (C=O) groups excluding carboxylic acids is 2. The lowest BCUT2D eigenvalue weighted by atomic mass is 10.0. The van der Waals surface area contributed by atoms with Crippen LogP contribution in [0, 0.1) is 11.7 Å². The van der Waals surface area contributed by atoms with Gasteiger partial charge in [0.05, 0.1) is 17.8 Å². The minimum Gasteiger partial charge on any atom is -0.462 e. The number of fused-ring (bicyclic) bond motifs is 1. The maximum atomic E-state index is 15.3. The highest BCUT2D eigenvalue weighted by Gasteiger charge is 2.32. The maximum absolute atomic E-state index is 15.3. The molecule has 9 heteroatoms. The Kier molecular flexibility index (Phi) is 6.79. The molecule has 4 rings (SSSR count). The van der Waals surface area contributed by atoms with Gasteiger partial charge in [0.1, 0.15) is 17.0 Å². The van der Waals surface area contributed by atoms with Crippen molar-refractivity contribution in [3.8, 4) is 0 Å². The van der Waals surface area contributed by atoms with E-state index in [9.17, 15) is 14.4 Å². The topological polar surface area (TPSA) is 89.9 Å². The first-order valence-corrected chi connectivity index (χ1v) is 12.3. The van der Waals surface area contributed by atoms with Gasteiger partial charge in [-0.15, -0.1) is 0 Å². The fourth-order valence-electron chi connectivity index (χ4n) is 4.67. The van der Waals surface area contributed by atoms with Gasteiger partial charge in [0, 0.05) is 30.6 Å². The Morgan fingerprint density at radius 2 is 1.91 bits per heavy atom. The molecule has 0 radical (unpaired) electrons. The van der Waals surface area contributed by atoms with E-state index in [0.29, 0.717) is 29.7 Å². The van der Waals surface area contributed by atoms with Crippen molar-refractivity contribution in [3.05, 3.63) is 39.9 Å². The number of amides is 1. The van der Waals surface area contributed by atoms with Crippen molar-refractivity contribution in [1.82, 2.24) is 9.88 Å². The minimum absolute atomic E-state index is 0.00191. The number of rotatable bonds is 6. The average Bonchev–Trinajstić information content (AvgIpc) is 3.46. The number of hydrogen-bond acceptors (Lipinski definition) is 6. The molecule has 1 aromatic heterocycles. The lowest BCUT2D eigenvalue weighted by molar-refractivity contribution is 0.0491. The minimum atomic E-state index is -0.688. The Labute approximate surface area is 204 Å². The van der Waals surface area contributed by atoms with Crippen LogP contribution in [-0.2, 0) is 9.47 Å². The largest absolute Gasteiger partial charge is 0.462 e. The number of nitrogens with zero attached hydrogens (tertiary/aromatic N) is 2. The SMILES string of the molecule is CCOC(=O)c1cc2cc(F)c(N3CC[C@H]([C@H](C)NC(=O)OC(C)(C)C)C3)cc2n(C2CC2)c1=O. The first-order valence-electron chi connectivity index (χ1n) is 12.3. The van der Waals surface area contributed by atoms with Crippen LogP contribution >= 0.6 is 0 Å². The normalized spacial score (nSPS) is 19.0. The molecule has 8 nitrogen and oxygen atoms in total. The fraction of sp³-hybridized carbons (Fsp3) is 0.577. The van der Waals surface area contributed by atoms with Crippen LogP contribution in [-0.4, -0.2) is 48.0 Å². The lowest BCUT2D eigenvalue weighted by Crippen LogP contribution is -2.42. The number of esters is 1. The molecule has 2 aliphatic rings. The number of halogens is 1. The zero-order valence-electron chi connectivity index (χ0n) is 21.0. The van der Waals surface area contributed by atoms with Gasteiger partial charge in [-0.3, -0.25) is 4.79 Å². The lowest BCUT2D eigenvalue weighted by Gasteiger charge is -2.25. The number of nitrogens with one attached hydrogen (secondary N) is 1. The van der Waals surface area contributed by atoms with Crippen molar-refractivity contribution in [2.75, 3.05) is 24.6 Å². The third-order valence-corrected chi connectivity index (χ3v) is 6.53. The fourth-order valence-corrected chi connectivity index (χ4v) is 4.67. The summed E-state index contributed by atoms with van der Waals surface area (Å²) < 4.78 is 27.3. The third kappa shape index (κ3) is 5.44. The van der Waals surface area contributed by atoms with Crippen LogP contribution in [0.1, 0.15) is 70.3 Å². The Morgan fingerprint density at radius 3 is 2.54 bits per heavy atom. The molecule has 35 heavy (non-hydrogen) atoms. The number of carbonyl (C=O) groups is 2. The van der Waals surface area contributed by atoms with Gasteiger partial charge in [0.25, 0.3) is 5.56 Å². The van der Waals surface area contributed by atoms with E-state index in [-0.39, 0.29) is 30.2 Å². The van der Waals surface area contributed by atoms with Crippen LogP contribution in [0.2, 0.25) is 0 Å². The number of benzene rings is 1. The van der Waals surface area contributed by atoms with E-state index in [2.05, 4.69) is 5.32 Å². The number of pyridine rings is 1. The molecule has 1 saturated heterocycles. The molecule has 190 valence electrons. The highest BCUT2D eigenvalue weighted by molar-refractivity contribution is 5.94. The zero-order valence-corrected chi connectivity index (χ0v) is 21.0. The molecule has 1 aromatic carbocycles. The van der Waals surface area contributed by atoms with Gasteiger partial charge in [-0.2, -0.15) is 0 Å². The highest BCUT2D eigenvalue weighted by Crippen LogP contribution is 2.38. The third-order valence-electron chi connectivity index (χ3n) is 6.53. The maximum Gasteiger partial charge on any atom is 0.407 e. The summed E-state index contributed by atoms with van der Waals surface area (Å²) in [6, 6.07) is 4.40. The summed E-state index contributed by atoms with van der Waals surface area (Å²) in [5, 5.41) is 3.39. The second-order valence-corrected chi connectivity index (χ2v) is 10.5. The Morgan fingerprint density at radius 1 is 1.20 bits per heavy atom. The van der Waals surface area contributed by atoms with E-state index < -0.39 is 29.0 Å². The molecular formula is C26H34FN3O5. The molecule has 0 spiro atoms. The average molecular weight is 488 g/mol. The molecule has 0 bridgehead atoms. The summed E-state index contributed by atoms with van der Waals surface area (Å²) in [7, 11) is 0. The smallest absolute Gasteiger partial charge is 0.407 e. The summed E-state index contributed by atoms with van der Waals surface area (Å²) in [6.07, 6.45) is 2.00. The predicted molar refractivity (Wildman–Crippen MR) is 132 cm³/mol. The van der Waals surface area contributed by atoms with E-state index in [0.717, 1.165) is 19.3 Å². The zero-order chi connectivity index (χ0) is 25.5. The van der Waals surface area contributed by atoms with E-state index in [1.165, 1.54) is 12.1 Å². The van der Waals surface area contributed by atoms with E-state index in [4.69, 9.17) is 9.47 Å². The van der Waals surface area contributed by atoms with E-state index in [1.54, 1.807) is 17.6 Å². The molecule has 0 unspecified atom stereocenters. The van der Waals surface area contributed by atoms with Gasteiger partial charge in [-0.1, -0.05) is 0 Å². The molecule has 2 aromatic rings. The van der Waals surface area contributed by atoms with Crippen LogP contribution in [0.4, 0.5) is 14.9 Å². The van der Waals surface area contributed by atoms with Crippen molar-refractivity contribution in [3.63, 3.8) is 0 Å². The van der Waals surface area contributed by atoms with Gasteiger partial charge in [-0.05, 0) is 78.0 Å². The van der Waals surface area contributed by atoms with E-state index in [1.807, 2.05) is 32.6 Å².